The van der Waals surface area contributed by atoms with Crippen molar-refractivity contribution in [1.29, 1.82) is 0 Å². The van der Waals surface area contributed by atoms with Crippen LogP contribution in [0.5, 0.6) is 0 Å². The number of carbonyl (C=O) groups excluding carboxylic acids is 1. The summed E-state index contributed by atoms with van der Waals surface area (Å²) in [7, 11) is 1.33. The van der Waals surface area contributed by atoms with Gasteiger partial charge in [-0.2, -0.15) is 0 Å². The molecular weight excluding hydrogens is 272 g/mol. The van der Waals surface area contributed by atoms with Crippen molar-refractivity contribution in [2.45, 2.75) is 32.7 Å². The third kappa shape index (κ3) is 2.89. The van der Waals surface area contributed by atoms with E-state index in [0.29, 0.717) is 5.39 Å². The number of carbonyl (C=O) groups is 1. The fraction of sp³-hybridized carbons (Fsp3) is 0.400. The zero-order valence-electron chi connectivity index (χ0n) is 12.5. The summed E-state index contributed by atoms with van der Waals surface area (Å²) in [6.45, 7) is 6.11. The second-order valence-corrected chi connectivity index (χ2v) is 5.91. The summed E-state index contributed by atoms with van der Waals surface area (Å²) in [5.74, 6) is -0.366. The number of esters is 1. The first-order valence-corrected chi connectivity index (χ1v) is 6.59. The Hall–Kier alpha value is -2.37. The molecule has 6 nitrogen and oxygen atoms in total. The highest BCUT2D eigenvalue weighted by atomic mass is 16.6. The first kappa shape index (κ1) is 15.0. The molecule has 0 fully saturated rings. The van der Waals surface area contributed by atoms with E-state index < -0.39 is 4.92 Å². The molecule has 1 aromatic carbocycles. The predicted octanol–water partition coefficient (Wildman–Crippen LogP) is 3.02. The number of nitro groups is 1. The number of aromatic nitrogens is 1. The number of ether oxygens (including phenoxy) is 1. The van der Waals surface area contributed by atoms with Crippen molar-refractivity contribution in [1.82, 2.24) is 4.57 Å². The van der Waals surface area contributed by atoms with E-state index >= 15 is 0 Å². The lowest BCUT2D eigenvalue weighted by Crippen LogP contribution is -2.20. The van der Waals surface area contributed by atoms with Gasteiger partial charge in [-0.3, -0.25) is 14.9 Å². The second kappa shape index (κ2) is 5.20. The van der Waals surface area contributed by atoms with Crippen molar-refractivity contribution >= 4 is 22.6 Å². The third-order valence-electron chi connectivity index (χ3n) is 3.37. The molecule has 0 aliphatic rings. The molecule has 0 unspecified atom stereocenters. The van der Waals surface area contributed by atoms with Crippen molar-refractivity contribution < 1.29 is 14.5 Å². The summed E-state index contributed by atoms with van der Waals surface area (Å²) in [6, 6.07) is 4.71. The second-order valence-electron chi connectivity index (χ2n) is 5.91. The minimum absolute atomic E-state index is 0.0141. The Morgan fingerprint density at radius 2 is 2.05 bits per heavy atom. The van der Waals surface area contributed by atoms with Crippen LogP contribution in [0.15, 0.2) is 24.4 Å². The molecule has 0 aliphatic carbocycles. The lowest BCUT2D eigenvalue weighted by atomic mass is 10.1. The Morgan fingerprint density at radius 3 is 2.57 bits per heavy atom. The van der Waals surface area contributed by atoms with Crippen LogP contribution in [-0.2, 0) is 21.5 Å². The molecule has 21 heavy (non-hydrogen) atoms. The summed E-state index contributed by atoms with van der Waals surface area (Å²) in [5.41, 5.74) is 1.42. The summed E-state index contributed by atoms with van der Waals surface area (Å²) < 4.78 is 6.71. The first-order chi connectivity index (χ1) is 9.74. The molecule has 0 aliphatic heterocycles. The molecule has 0 saturated heterocycles. The van der Waals surface area contributed by atoms with Crippen LogP contribution < -0.4 is 0 Å². The van der Waals surface area contributed by atoms with Crippen molar-refractivity contribution in [2.24, 2.45) is 0 Å². The number of hydrogen-bond donors (Lipinski definition) is 0. The number of fused-ring (bicyclic) bond motifs is 1. The largest absolute Gasteiger partial charge is 0.469 e. The van der Waals surface area contributed by atoms with Crippen LogP contribution in [0.25, 0.3) is 10.9 Å². The van der Waals surface area contributed by atoms with E-state index in [1.165, 1.54) is 19.2 Å². The van der Waals surface area contributed by atoms with Crippen LogP contribution in [-0.4, -0.2) is 22.6 Å². The first-order valence-electron chi connectivity index (χ1n) is 6.59. The quantitative estimate of drug-likeness (QED) is 0.494. The van der Waals surface area contributed by atoms with Gasteiger partial charge < -0.3 is 9.30 Å². The fourth-order valence-corrected chi connectivity index (χ4v) is 2.32. The molecule has 112 valence electrons. The van der Waals surface area contributed by atoms with Gasteiger partial charge in [-0.25, -0.2) is 0 Å². The number of hydrogen-bond acceptors (Lipinski definition) is 4. The summed E-state index contributed by atoms with van der Waals surface area (Å²) in [5, 5.41) is 11.7. The van der Waals surface area contributed by atoms with E-state index in [0.717, 1.165) is 11.1 Å². The molecule has 0 saturated carbocycles. The lowest BCUT2D eigenvalue weighted by molar-refractivity contribution is -0.384. The SMILES string of the molecule is COC(=O)Cc1cn(C(C)(C)C)c2ccc([N+](=O)[O-])cc12. The average molecular weight is 290 g/mol. The van der Waals surface area contributed by atoms with Crippen LogP contribution >= 0.6 is 0 Å². The Balaban J connectivity index is 2.68. The van der Waals surface area contributed by atoms with E-state index in [2.05, 4.69) is 0 Å². The van der Waals surface area contributed by atoms with E-state index in [4.69, 9.17) is 4.74 Å². The maximum atomic E-state index is 11.5. The molecule has 0 bridgehead atoms. The number of non-ortho nitro benzene ring substituents is 1. The Bertz CT molecular complexity index is 710. The number of nitrogens with zero attached hydrogens (tertiary/aromatic N) is 2. The molecule has 0 amide bonds. The van der Waals surface area contributed by atoms with Crippen LogP contribution in [0.4, 0.5) is 5.69 Å². The lowest BCUT2D eigenvalue weighted by Gasteiger charge is -2.22. The van der Waals surface area contributed by atoms with E-state index in [1.807, 2.05) is 31.5 Å². The standard InChI is InChI=1S/C15H18N2O4/c1-15(2,3)16-9-10(7-14(18)21-4)12-8-11(17(19)20)5-6-13(12)16/h5-6,8-9H,7H2,1-4H3. The smallest absolute Gasteiger partial charge is 0.310 e. The van der Waals surface area contributed by atoms with E-state index in [1.54, 1.807) is 6.07 Å². The van der Waals surface area contributed by atoms with Gasteiger partial charge in [-0.05, 0) is 32.4 Å². The Kier molecular flexibility index (Phi) is 3.72. The van der Waals surface area contributed by atoms with Gasteiger partial charge in [0.05, 0.1) is 18.5 Å². The normalized spacial score (nSPS) is 11.6. The molecule has 0 atom stereocenters. The average Bonchev–Trinajstić information content (AvgIpc) is 2.76. The molecule has 2 rings (SSSR count). The Morgan fingerprint density at radius 1 is 1.38 bits per heavy atom. The number of rotatable bonds is 3. The van der Waals surface area contributed by atoms with Gasteiger partial charge >= 0.3 is 5.97 Å². The third-order valence-corrected chi connectivity index (χ3v) is 3.37. The molecule has 0 radical (unpaired) electrons. The molecule has 1 aromatic heterocycles. The van der Waals surface area contributed by atoms with Crippen molar-refractivity contribution in [2.75, 3.05) is 7.11 Å². The predicted molar refractivity (Wildman–Crippen MR) is 79.3 cm³/mol. The monoisotopic (exact) mass is 290 g/mol. The molecule has 0 spiro atoms. The van der Waals surface area contributed by atoms with Gasteiger partial charge in [0.2, 0.25) is 0 Å². The van der Waals surface area contributed by atoms with Gasteiger partial charge in [-0.1, -0.05) is 0 Å². The summed E-state index contributed by atoms with van der Waals surface area (Å²) in [4.78, 5) is 22.0. The van der Waals surface area contributed by atoms with Crippen LogP contribution in [0.2, 0.25) is 0 Å². The van der Waals surface area contributed by atoms with E-state index in [9.17, 15) is 14.9 Å². The molecule has 2 aromatic rings. The highest BCUT2D eigenvalue weighted by Gasteiger charge is 2.21. The Labute approximate surface area is 122 Å². The highest BCUT2D eigenvalue weighted by Crippen LogP contribution is 2.30. The zero-order chi connectivity index (χ0) is 15.8. The zero-order valence-corrected chi connectivity index (χ0v) is 12.5. The number of nitro benzene ring substituents is 1. The van der Waals surface area contributed by atoms with Crippen LogP contribution in [0.3, 0.4) is 0 Å². The summed E-state index contributed by atoms with van der Waals surface area (Å²) in [6.07, 6.45) is 1.96. The molecule has 0 N–H and O–H groups in total. The minimum Gasteiger partial charge on any atom is -0.469 e. The van der Waals surface area contributed by atoms with Gasteiger partial charge in [-0.15, -0.1) is 0 Å². The minimum atomic E-state index is -0.435. The fourth-order valence-electron chi connectivity index (χ4n) is 2.32. The number of benzene rings is 1. The molecular formula is C15H18N2O4. The number of methoxy groups -OCH3 is 1. The molecule has 6 heteroatoms. The topological polar surface area (TPSA) is 74.4 Å². The van der Waals surface area contributed by atoms with Gasteiger partial charge in [0.15, 0.2) is 0 Å². The molecule has 1 heterocycles. The van der Waals surface area contributed by atoms with E-state index in [-0.39, 0.29) is 23.6 Å². The van der Waals surface area contributed by atoms with Crippen molar-refractivity contribution in [3.05, 3.63) is 40.1 Å². The van der Waals surface area contributed by atoms with Gasteiger partial charge in [0.25, 0.3) is 5.69 Å². The van der Waals surface area contributed by atoms with Gasteiger partial charge in [0, 0.05) is 34.8 Å². The maximum Gasteiger partial charge on any atom is 0.310 e. The van der Waals surface area contributed by atoms with Crippen molar-refractivity contribution in [3.8, 4) is 0 Å². The van der Waals surface area contributed by atoms with Crippen molar-refractivity contribution in [3.63, 3.8) is 0 Å². The highest BCUT2D eigenvalue weighted by molar-refractivity contribution is 5.89. The summed E-state index contributed by atoms with van der Waals surface area (Å²) >= 11 is 0. The maximum absolute atomic E-state index is 11.5. The van der Waals surface area contributed by atoms with Gasteiger partial charge in [0.1, 0.15) is 0 Å². The van der Waals surface area contributed by atoms with Crippen LogP contribution in [0, 0.1) is 10.1 Å². The van der Waals surface area contributed by atoms with Crippen LogP contribution in [0.1, 0.15) is 26.3 Å².